The minimum atomic E-state index is -0.765. The maximum absolute atomic E-state index is 10.8. The average Bonchev–Trinajstić information content (AvgIpc) is 2.21. The molecule has 86 valence electrons. The van der Waals surface area contributed by atoms with Gasteiger partial charge in [0.25, 0.3) is 0 Å². The SMILES string of the molecule is CNC(=O)CCCC/C=C/CCC(=O)O. The van der Waals surface area contributed by atoms with Crippen LogP contribution < -0.4 is 5.32 Å². The van der Waals surface area contributed by atoms with Gasteiger partial charge in [-0.25, -0.2) is 0 Å². The van der Waals surface area contributed by atoms with E-state index < -0.39 is 5.97 Å². The smallest absolute Gasteiger partial charge is 0.303 e. The minimum absolute atomic E-state index is 0.0739. The van der Waals surface area contributed by atoms with Crippen molar-refractivity contribution in [1.29, 1.82) is 0 Å². The Morgan fingerprint density at radius 3 is 2.40 bits per heavy atom. The van der Waals surface area contributed by atoms with E-state index >= 15 is 0 Å². The van der Waals surface area contributed by atoms with Gasteiger partial charge in [0.1, 0.15) is 0 Å². The highest BCUT2D eigenvalue weighted by Crippen LogP contribution is 2.01. The largest absolute Gasteiger partial charge is 0.481 e. The Hall–Kier alpha value is -1.32. The van der Waals surface area contributed by atoms with Gasteiger partial charge >= 0.3 is 5.97 Å². The van der Waals surface area contributed by atoms with Crippen LogP contribution in [0.1, 0.15) is 38.5 Å². The minimum Gasteiger partial charge on any atom is -0.481 e. The number of unbranched alkanes of at least 4 members (excludes halogenated alkanes) is 2. The number of carboxylic acids is 1. The van der Waals surface area contributed by atoms with Crippen molar-refractivity contribution in [2.24, 2.45) is 0 Å². The summed E-state index contributed by atoms with van der Waals surface area (Å²) in [5.74, 6) is -0.691. The quantitative estimate of drug-likeness (QED) is 0.476. The topological polar surface area (TPSA) is 66.4 Å². The molecule has 0 aliphatic carbocycles. The van der Waals surface area contributed by atoms with Crippen molar-refractivity contribution in [3.05, 3.63) is 12.2 Å². The van der Waals surface area contributed by atoms with Crippen LogP contribution in [0.5, 0.6) is 0 Å². The molecule has 0 aromatic rings. The van der Waals surface area contributed by atoms with E-state index in [9.17, 15) is 9.59 Å². The average molecular weight is 213 g/mol. The number of allylic oxidation sites excluding steroid dienone is 2. The van der Waals surface area contributed by atoms with Crippen molar-refractivity contribution >= 4 is 11.9 Å². The van der Waals surface area contributed by atoms with Gasteiger partial charge in [-0.2, -0.15) is 0 Å². The first kappa shape index (κ1) is 13.7. The molecule has 4 nitrogen and oxygen atoms in total. The van der Waals surface area contributed by atoms with Crippen molar-refractivity contribution in [1.82, 2.24) is 5.32 Å². The zero-order valence-corrected chi connectivity index (χ0v) is 9.16. The highest BCUT2D eigenvalue weighted by Gasteiger charge is 1.95. The molecule has 0 spiro atoms. The van der Waals surface area contributed by atoms with Gasteiger partial charge in [-0.3, -0.25) is 9.59 Å². The molecule has 0 aromatic heterocycles. The molecule has 0 aromatic carbocycles. The molecule has 0 heterocycles. The molecule has 0 rings (SSSR count). The van der Waals surface area contributed by atoms with Gasteiger partial charge in [-0.15, -0.1) is 0 Å². The van der Waals surface area contributed by atoms with Gasteiger partial charge in [0, 0.05) is 19.9 Å². The van der Waals surface area contributed by atoms with Crippen LogP contribution in [-0.2, 0) is 9.59 Å². The highest BCUT2D eigenvalue weighted by atomic mass is 16.4. The van der Waals surface area contributed by atoms with Crippen LogP contribution in [0, 0.1) is 0 Å². The second kappa shape index (κ2) is 9.24. The molecule has 0 atom stereocenters. The maximum atomic E-state index is 10.8. The Bertz CT molecular complexity index is 224. The monoisotopic (exact) mass is 213 g/mol. The lowest BCUT2D eigenvalue weighted by atomic mass is 10.1. The zero-order valence-electron chi connectivity index (χ0n) is 9.16. The van der Waals surface area contributed by atoms with E-state index in [-0.39, 0.29) is 12.3 Å². The van der Waals surface area contributed by atoms with Gasteiger partial charge in [0.2, 0.25) is 5.91 Å². The van der Waals surface area contributed by atoms with Gasteiger partial charge in [-0.05, 0) is 25.7 Å². The number of hydrogen-bond acceptors (Lipinski definition) is 2. The summed E-state index contributed by atoms with van der Waals surface area (Å²) in [6.07, 6.45) is 7.97. The Morgan fingerprint density at radius 2 is 1.80 bits per heavy atom. The van der Waals surface area contributed by atoms with E-state index in [1.165, 1.54) is 0 Å². The Balaban J connectivity index is 3.23. The molecular formula is C11H19NO3. The molecule has 0 aliphatic heterocycles. The summed E-state index contributed by atoms with van der Waals surface area (Å²) in [6.45, 7) is 0. The molecule has 0 saturated carbocycles. The molecule has 0 radical (unpaired) electrons. The fraction of sp³-hybridized carbons (Fsp3) is 0.636. The summed E-state index contributed by atoms with van der Waals surface area (Å²) in [5, 5.41) is 10.9. The molecule has 15 heavy (non-hydrogen) atoms. The van der Waals surface area contributed by atoms with Crippen molar-refractivity contribution in [3.63, 3.8) is 0 Å². The number of rotatable bonds is 8. The van der Waals surface area contributed by atoms with E-state index in [1.54, 1.807) is 7.05 Å². The molecular weight excluding hydrogens is 194 g/mol. The Kier molecular flexibility index (Phi) is 8.43. The first-order chi connectivity index (χ1) is 7.16. The van der Waals surface area contributed by atoms with E-state index in [2.05, 4.69) is 5.32 Å². The van der Waals surface area contributed by atoms with Crippen molar-refractivity contribution < 1.29 is 14.7 Å². The maximum Gasteiger partial charge on any atom is 0.303 e. The van der Waals surface area contributed by atoms with E-state index in [0.29, 0.717) is 12.8 Å². The summed E-state index contributed by atoms with van der Waals surface area (Å²) in [7, 11) is 1.63. The van der Waals surface area contributed by atoms with Crippen LogP contribution in [-0.4, -0.2) is 24.0 Å². The summed E-state index contributed by atoms with van der Waals surface area (Å²) in [5.41, 5.74) is 0. The number of aliphatic carboxylic acids is 1. The van der Waals surface area contributed by atoms with Crippen molar-refractivity contribution in [2.45, 2.75) is 38.5 Å². The van der Waals surface area contributed by atoms with Crippen LogP contribution >= 0.6 is 0 Å². The first-order valence-corrected chi connectivity index (χ1v) is 5.24. The molecule has 2 N–H and O–H groups in total. The summed E-state index contributed by atoms with van der Waals surface area (Å²) < 4.78 is 0. The molecule has 0 aliphatic rings. The first-order valence-electron chi connectivity index (χ1n) is 5.24. The van der Waals surface area contributed by atoms with Gasteiger partial charge < -0.3 is 10.4 Å². The van der Waals surface area contributed by atoms with Gasteiger partial charge in [-0.1, -0.05) is 12.2 Å². The second-order valence-corrected chi connectivity index (χ2v) is 3.32. The van der Waals surface area contributed by atoms with Crippen LogP contribution in [0.3, 0.4) is 0 Å². The molecule has 0 bridgehead atoms. The lowest BCUT2D eigenvalue weighted by molar-refractivity contribution is -0.136. The molecule has 0 fully saturated rings. The summed E-state index contributed by atoms with van der Waals surface area (Å²) in [4.78, 5) is 21.0. The second-order valence-electron chi connectivity index (χ2n) is 3.32. The normalized spacial score (nSPS) is 10.5. The third-order valence-corrected chi connectivity index (χ3v) is 2.00. The molecule has 0 saturated heterocycles. The predicted octanol–water partition coefficient (Wildman–Crippen LogP) is 1.71. The number of nitrogens with one attached hydrogen (secondary N) is 1. The molecule has 4 heteroatoms. The van der Waals surface area contributed by atoms with Crippen LogP contribution in [0.25, 0.3) is 0 Å². The summed E-state index contributed by atoms with van der Waals surface area (Å²) >= 11 is 0. The molecule has 1 amide bonds. The van der Waals surface area contributed by atoms with Crippen LogP contribution in [0.2, 0.25) is 0 Å². The zero-order chi connectivity index (χ0) is 11.5. The fourth-order valence-electron chi connectivity index (χ4n) is 1.12. The lowest BCUT2D eigenvalue weighted by Crippen LogP contribution is -2.16. The van der Waals surface area contributed by atoms with Crippen molar-refractivity contribution in [2.75, 3.05) is 7.05 Å². The predicted molar refractivity (Wildman–Crippen MR) is 58.5 cm³/mol. The van der Waals surface area contributed by atoms with Gasteiger partial charge in [0.15, 0.2) is 0 Å². The fourth-order valence-corrected chi connectivity index (χ4v) is 1.12. The number of carboxylic acid groups (broad SMARTS) is 1. The Morgan fingerprint density at radius 1 is 1.13 bits per heavy atom. The van der Waals surface area contributed by atoms with E-state index in [1.807, 2.05) is 12.2 Å². The standard InChI is InChI=1S/C11H19NO3/c1-12-10(13)8-6-4-2-3-5-7-9-11(14)15/h3,5H,2,4,6-9H2,1H3,(H,12,13)(H,14,15)/b5-3+. The number of hydrogen-bond donors (Lipinski definition) is 2. The highest BCUT2D eigenvalue weighted by molar-refractivity contribution is 5.75. The van der Waals surface area contributed by atoms with Crippen molar-refractivity contribution in [3.8, 4) is 0 Å². The summed E-state index contributed by atoms with van der Waals surface area (Å²) in [6, 6.07) is 0. The van der Waals surface area contributed by atoms with E-state index in [4.69, 9.17) is 5.11 Å². The molecule has 0 unspecified atom stereocenters. The Labute approximate surface area is 90.4 Å². The lowest BCUT2D eigenvalue weighted by Gasteiger charge is -1.97. The van der Waals surface area contributed by atoms with E-state index in [0.717, 1.165) is 19.3 Å². The van der Waals surface area contributed by atoms with Crippen LogP contribution in [0.4, 0.5) is 0 Å². The third-order valence-electron chi connectivity index (χ3n) is 2.00. The van der Waals surface area contributed by atoms with Gasteiger partial charge in [0.05, 0.1) is 0 Å². The number of amides is 1. The number of carbonyl (C=O) groups is 2. The van der Waals surface area contributed by atoms with Crippen LogP contribution in [0.15, 0.2) is 12.2 Å². The third kappa shape index (κ3) is 10.6. The number of carbonyl (C=O) groups excluding carboxylic acids is 1.